The summed E-state index contributed by atoms with van der Waals surface area (Å²) in [6, 6.07) is 11.5. The Balaban J connectivity index is 1.39. The Morgan fingerprint density at radius 2 is 2.03 bits per heavy atom. The number of nitrogens with one attached hydrogen (secondary N) is 1. The van der Waals surface area contributed by atoms with E-state index in [0.717, 1.165) is 34.8 Å². The highest BCUT2D eigenvalue weighted by molar-refractivity contribution is 7.14. The molecule has 4 rings (SSSR count). The van der Waals surface area contributed by atoms with Gasteiger partial charge >= 0.3 is 0 Å². The highest BCUT2D eigenvalue weighted by Gasteiger charge is 2.14. The monoisotopic (exact) mass is 424 g/mol. The number of hydrogen-bond acceptors (Lipinski definition) is 6. The lowest BCUT2D eigenvalue weighted by molar-refractivity contribution is 0.103. The van der Waals surface area contributed by atoms with Gasteiger partial charge in [-0.2, -0.15) is 5.10 Å². The molecule has 6 nitrogen and oxygen atoms in total. The van der Waals surface area contributed by atoms with E-state index in [-0.39, 0.29) is 5.91 Å². The average molecular weight is 425 g/mol. The number of nitrogens with zero attached hydrogens (tertiary/aromatic N) is 3. The zero-order valence-corrected chi connectivity index (χ0v) is 17.7. The lowest BCUT2D eigenvalue weighted by Crippen LogP contribution is -2.09. The van der Waals surface area contributed by atoms with Crippen molar-refractivity contribution in [2.24, 2.45) is 0 Å². The molecule has 0 aliphatic heterocycles. The molecule has 0 aliphatic carbocycles. The van der Waals surface area contributed by atoms with Crippen LogP contribution in [0.5, 0.6) is 5.75 Å². The van der Waals surface area contributed by atoms with Crippen LogP contribution < -0.4 is 10.1 Å². The Morgan fingerprint density at radius 3 is 2.79 bits per heavy atom. The van der Waals surface area contributed by atoms with Gasteiger partial charge in [-0.1, -0.05) is 18.2 Å². The summed E-state index contributed by atoms with van der Waals surface area (Å²) in [5, 5.41) is 11.8. The van der Waals surface area contributed by atoms with Crippen molar-refractivity contribution in [3.63, 3.8) is 0 Å². The fraction of sp³-hybridized carbons (Fsp3) is 0.190. The summed E-state index contributed by atoms with van der Waals surface area (Å²) in [5.41, 5.74) is 3.70. The van der Waals surface area contributed by atoms with Crippen LogP contribution in [-0.2, 0) is 13.2 Å². The predicted octanol–water partition coefficient (Wildman–Crippen LogP) is 5.23. The Morgan fingerprint density at radius 1 is 1.21 bits per heavy atom. The van der Waals surface area contributed by atoms with Crippen molar-refractivity contribution in [3.05, 3.63) is 69.5 Å². The number of benzene rings is 1. The number of aromatic nitrogens is 3. The molecule has 29 heavy (non-hydrogen) atoms. The van der Waals surface area contributed by atoms with Gasteiger partial charge in [0.25, 0.3) is 5.91 Å². The molecule has 0 fully saturated rings. The zero-order valence-electron chi connectivity index (χ0n) is 16.1. The summed E-state index contributed by atoms with van der Waals surface area (Å²) in [4.78, 5) is 17.8. The maximum atomic E-state index is 12.6. The first-order chi connectivity index (χ1) is 14.1. The van der Waals surface area contributed by atoms with Gasteiger partial charge < -0.3 is 4.74 Å². The lowest BCUT2D eigenvalue weighted by Gasteiger charge is -2.03. The average Bonchev–Trinajstić information content (AvgIpc) is 3.47. The number of aryl methyl sites for hydroxylation is 2. The normalized spacial score (nSPS) is 10.8. The molecule has 0 aliphatic rings. The highest BCUT2D eigenvalue weighted by atomic mass is 32.1. The van der Waals surface area contributed by atoms with Gasteiger partial charge in [0, 0.05) is 29.2 Å². The Kier molecular flexibility index (Phi) is 5.73. The van der Waals surface area contributed by atoms with Crippen molar-refractivity contribution in [2.45, 2.75) is 27.0 Å². The van der Waals surface area contributed by atoms with Gasteiger partial charge in [-0.05, 0) is 37.4 Å². The second-order valence-corrected chi connectivity index (χ2v) is 8.17. The third-order valence-corrected chi connectivity index (χ3v) is 6.03. The number of thiophene rings is 1. The number of rotatable bonds is 7. The largest absolute Gasteiger partial charge is 0.489 e. The number of carbonyl (C=O) groups excluding carboxylic acids is 1. The van der Waals surface area contributed by atoms with Crippen molar-refractivity contribution < 1.29 is 9.53 Å². The second kappa shape index (κ2) is 8.59. The van der Waals surface area contributed by atoms with Crippen LogP contribution in [0.25, 0.3) is 11.3 Å². The third-order valence-electron chi connectivity index (χ3n) is 4.30. The molecule has 0 bridgehead atoms. The van der Waals surface area contributed by atoms with E-state index < -0.39 is 0 Å². The van der Waals surface area contributed by atoms with E-state index in [2.05, 4.69) is 15.4 Å². The van der Waals surface area contributed by atoms with Crippen LogP contribution in [0, 0.1) is 6.92 Å². The van der Waals surface area contributed by atoms with E-state index in [1.165, 1.54) is 22.7 Å². The third kappa shape index (κ3) is 4.55. The van der Waals surface area contributed by atoms with Crippen molar-refractivity contribution in [3.8, 4) is 17.0 Å². The Labute approximate surface area is 176 Å². The van der Waals surface area contributed by atoms with Crippen LogP contribution in [0.1, 0.15) is 27.9 Å². The quantitative estimate of drug-likeness (QED) is 0.441. The molecule has 0 atom stereocenters. The van der Waals surface area contributed by atoms with Gasteiger partial charge in [-0.3, -0.25) is 14.8 Å². The maximum Gasteiger partial charge on any atom is 0.267 e. The number of ether oxygens (including phenoxy) is 1. The fourth-order valence-electron chi connectivity index (χ4n) is 2.80. The molecular formula is C21H20N4O2S2. The van der Waals surface area contributed by atoms with Gasteiger partial charge in [0.1, 0.15) is 12.4 Å². The molecule has 1 amide bonds. The minimum absolute atomic E-state index is 0.164. The van der Waals surface area contributed by atoms with Gasteiger partial charge in [-0.15, -0.1) is 22.7 Å². The second-order valence-electron chi connectivity index (χ2n) is 6.40. The molecular weight excluding hydrogens is 404 g/mol. The summed E-state index contributed by atoms with van der Waals surface area (Å²) in [6.45, 7) is 5.24. The number of amides is 1. The van der Waals surface area contributed by atoms with Gasteiger partial charge in [0.05, 0.1) is 16.3 Å². The van der Waals surface area contributed by atoms with Crippen LogP contribution in [0.3, 0.4) is 0 Å². The molecule has 0 unspecified atom stereocenters. The Hall–Kier alpha value is -2.97. The van der Waals surface area contributed by atoms with Crippen LogP contribution >= 0.6 is 22.7 Å². The first-order valence-electron chi connectivity index (χ1n) is 9.19. The molecule has 0 saturated carbocycles. The van der Waals surface area contributed by atoms with E-state index in [4.69, 9.17) is 4.74 Å². The summed E-state index contributed by atoms with van der Waals surface area (Å²) in [5.74, 6) is 0.643. The van der Waals surface area contributed by atoms with Crippen molar-refractivity contribution in [1.29, 1.82) is 0 Å². The van der Waals surface area contributed by atoms with E-state index in [9.17, 15) is 4.79 Å². The van der Waals surface area contributed by atoms with Crippen LogP contribution in [0.15, 0.2) is 53.4 Å². The predicted molar refractivity (Wildman–Crippen MR) is 117 cm³/mol. The molecule has 1 aromatic carbocycles. The van der Waals surface area contributed by atoms with Gasteiger partial charge in [0.2, 0.25) is 0 Å². The number of para-hydroxylation sites is 1. The standard InChI is InChI=1S/C21H20N4O2S2/c1-3-25-10-17(14(2)24-25)18-13-29-21(22-18)23-20(26)19-9-15(12-28-19)11-27-16-7-5-4-6-8-16/h4-10,12-13H,3,11H2,1-2H3,(H,22,23,26). The molecule has 148 valence electrons. The molecule has 0 radical (unpaired) electrons. The van der Waals surface area contributed by atoms with Crippen LogP contribution in [0.4, 0.5) is 5.13 Å². The molecule has 1 N–H and O–H groups in total. The van der Waals surface area contributed by atoms with Gasteiger partial charge in [0.15, 0.2) is 5.13 Å². The van der Waals surface area contributed by atoms with Crippen LogP contribution in [-0.4, -0.2) is 20.7 Å². The summed E-state index contributed by atoms with van der Waals surface area (Å²) in [6.07, 6.45) is 1.98. The van der Waals surface area contributed by atoms with Crippen molar-refractivity contribution in [1.82, 2.24) is 14.8 Å². The van der Waals surface area contributed by atoms with E-state index in [1.54, 1.807) is 0 Å². The molecule has 0 spiro atoms. The number of carbonyl (C=O) groups is 1. The molecule has 4 aromatic rings. The molecule has 3 heterocycles. The molecule has 3 aromatic heterocycles. The van der Waals surface area contributed by atoms with Crippen LogP contribution in [0.2, 0.25) is 0 Å². The minimum atomic E-state index is -0.164. The van der Waals surface area contributed by atoms with E-state index in [0.29, 0.717) is 16.6 Å². The maximum absolute atomic E-state index is 12.6. The summed E-state index contributed by atoms with van der Waals surface area (Å²) in [7, 11) is 0. The smallest absolute Gasteiger partial charge is 0.267 e. The Bertz CT molecular complexity index is 1110. The summed E-state index contributed by atoms with van der Waals surface area (Å²) < 4.78 is 7.62. The highest BCUT2D eigenvalue weighted by Crippen LogP contribution is 2.28. The minimum Gasteiger partial charge on any atom is -0.489 e. The molecule has 0 saturated heterocycles. The summed E-state index contributed by atoms with van der Waals surface area (Å²) >= 11 is 2.80. The first kappa shape index (κ1) is 19.4. The van der Waals surface area contributed by atoms with Gasteiger partial charge in [-0.25, -0.2) is 4.98 Å². The number of hydrogen-bond donors (Lipinski definition) is 1. The SMILES string of the molecule is CCn1cc(-c2csc(NC(=O)c3cc(COc4ccccc4)cs3)n2)c(C)n1. The molecule has 8 heteroatoms. The fourth-order valence-corrected chi connectivity index (χ4v) is 4.30. The lowest BCUT2D eigenvalue weighted by atomic mass is 10.2. The van der Waals surface area contributed by atoms with Crippen molar-refractivity contribution >= 4 is 33.7 Å². The number of anilines is 1. The zero-order chi connectivity index (χ0) is 20.2. The van der Waals surface area contributed by atoms with Crippen molar-refractivity contribution in [2.75, 3.05) is 5.32 Å². The van der Waals surface area contributed by atoms with E-state index >= 15 is 0 Å². The topological polar surface area (TPSA) is 69.0 Å². The first-order valence-corrected chi connectivity index (χ1v) is 10.9. The van der Waals surface area contributed by atoms with E-state index in [1.807, 2.05) is 71.9 Å². The number of thiazole rings is 1.